The Morgan fingerprint density at radius 3 is 2.46 bits per heavy atom. The van der Waals surface area contributed by atoms with Crippen LogP contribution < -0.4 is 0 Å². The van der Waals surface area contributed by atoms with Gasteiger partial charge in [-0.3, -0.25) is 0 Å². The van der Waals surface area contributed by atoms with E-state index < -0.39 is 0 Å². The summed E-state index contributed by atoms with van der Waals surface area (Å²) in [6, 6.07) is 0. The van der Waals surface area contributed by atoms with Gasteiger partial charge in [0.15, 0.2) is 0 Å². The van der Waals surface area contributed by atoms with Crippen molar-refractivity contribution in [3.8, 4) is 0 Å². The Morgan fingerprint density at radius 1 is 1.38 bits per heavy atom. The highest BCUT2D eigenvalue weighted by Crippen LogP contribution is 2.21. The molecule has 1 unspecified atom stereocenters. The minimum atomic E-state index is 0.448. The summed E-state index contributed by atoms with van der Waals surface area (Å²) >= 11 is 0. The molecule has 0 aromatic carbocycles. The maximum Gasteiger partial charge on any atom is 0.0572 e. The molecule has 0 radical (unpaired) electrons. The first-order chi connectivity index (χ1) is 6.27. The van der Waals surface area contributed by atoms with E-state index >= 15 is 0 Å². The molecule has 0 aliphatic carbocycles. The van der Waals surface area contributed by atoms with Gasteiger partial charge in [0.1, 0.15) is 0 Å². The van der Waals surface area contributed by atoms with E-state index in [1.54, 1.807) is 0 Å². The molecule has 0 amide bonds. The lowest BCUT2D eigenvalue weighted by Crippen LogP contribution is -2.37. The van der Waals surface area contributed by atoms with Crippen LogP contribution in [0.1, 0.15) is 33.1 Å². The molecule has 78 valence electrons. The van der Waals surface area contributed by atoms with Crippen LogP contribution in [-0.4, -0.2) is 37.7 Å². The third-order valence-electron chi connectivity index (χ3n) is 3.21. The topological polar surface area (TPSA) is 12.5 Å². The summed E-state index contributed by atoms with van der Waals surface area (Å²) in [6.45, 7) is 8.26. The summed E-state index contributed by atoms with van der Waals surface area (Å²) in [5.41, 5.74) is 0. The SMILES string of the molecule is CCCN1CCC(C(C)OC)CC1. The second-order valence-corrected chi connectivity index (χ2v) is 4.12. The predicted molar refractivity (Wildman–Crippen MR) is 55.9 cm³/mol. The average molecular weight is 185 g/mol. The smallest absolute Gasteiger partial charge is 0.0572 e. The summed E-state index contributed by atoms with van der Waals surface area (Å²) in [5, 5.41) is 0. The molecule has 1 fully saturated rings. The van der Waals surface area contributed by atoms with E-state index in [9.17, 15) is 0 Å². The minimum absolute atomic E-state index is 0.448. The predicted octanol–water partition coefficient (Wildman–Crippen LogP) is 2.14. The number of nitrogens with zero attached hydrogens (tertiary/aromatic N) is 1. The Morgan fingerprint density at radius 2 is 2.00 bits per heavy atom. The van der Waals surface area contributed by atoms with Gasteiger partial charge < -0.3 is 9.64 Å². The van der Waals surface area contributed by atoms with Gasteiger partial charge in [0.25, 0.3) is 0 Å². The van der Waals surface area contributed by atoms with Gasteiger partial charge >= 0.3 is 0 Å². The fourth-order valence-corrected chi connectivity index (χ4v) is 2.15. The normalized spacial score (nSPS) is 23.3. The second kappa shape index (κ2) is 5.61. The molecular formula is C11H23NO. The van der Waals surface area contributed by atoms with E-state index in [-0.39, 0.29) is 0 Å². The van der Waals surface area contributed by atoms with Crippen LogP contribution in [-0.2, 0) is 4.74 Å². The van der Waals surface area contributed by atoms with E-state index in [1.807, 2.05) is 7.11 Å². The van der Waals surface area contributed by atoms with Crippen LogP contribution in [0.4, 0.5) is 0 Å². The van der Waals surface area contributed by atoms with Gasteiger partial charge in [-0.2, -0.15) is 0 Å². The lowest BCUT2D eigenvalue weighted by atomic mass is 9.92. The highest BCUT2D eigenvalue weighted by molar-refractivity contribution is 4.75. The van der Waals surface area contributed by atoms with E-state index in [1.165, 1.54) is 38.9 Å². The fraction of sp³-hybridized carbons (Fsp3) is 1.00. The largest absolute Gasteiger partial charge is 0.381 e. The number of rotatable bonds is 4. The van der Waals surface area contributed by atoms with Gasteiger partial charge in [-0.25, -0.2) is 0 Å². The van der Waals surface area contributed by atoms with Crippen LogP contribution in [0.3, 0.4) is 0 Å². The number of piperidine rings is 1. The highest BCUT2D eigenvalue weighted by atomic mass is 16.5. The van der Waals surface area contributed by atoms with Gasteiger partial charge in [0.05, 0.1) is 6.10 Å². The third-order valence-corrected chi connectivity index (χ3v) is 3.21. The molecule has 0 aromatic rings. The molecule has 13 heavy (non-hydrogen) atoms. The maximum atomic E-state index is 5.37. The van der Waals surface area contributed by atoms with Gasteiger partial charge in [0.2, 0.25) is 0 Å². The first kappa shape index (κ1) is 11.0. The summed E-state index contributed by atoms with van der Waals surface area (Å²) in [7, 11) is 1.82. The van der Waals surface area contributed by atoms with E-state index in [0.29, 0.717) is 6.10 Å². The van der Waals surface area contributed by atoms with Crippen molar-refractivity contribution < 1.29 is 4.74 Å². The molecule has 2 nitrogen and oxygen atoms in total. The molecule has 1 rings (SSSR count). The van der Waals surface area contributed by atoms with Crippen molar-refractivity contribution in [3.63, 3.8) is 0 Å². The molecule has 0 saturated carbocycles. The molecule has 1 heterocycles. The zero-order valence-electron chi connectivity index (χ0n) is 9.25. The van der Waals surface area contributed by atoms with Crippen molar-refractivity contribution in [2.45, 2.75) is 39.2 Å². The summed E-state index contributed by atoms with van der Waals surface area (Å²) in [5.74, 6) is 0.790. The number of methoxy groups -OCH3 is 1. The number of ether oxygens (including phenoxy) is 1. The van der Waals surface area contributed by atoms with Crippen molar-refractivity contribution in [2.24, 2.45) is 5.92 Å². The summed E-state index contributed by atoms with van der Waals surface area (Å²) in [4.78, 5) is 2.57. The van der Waals surface area contributed by atoms with Gasteiger partial charge in [-0.05, 0) is 51.7 Å². The molecular weight excluding hydrogens is 162 g/mol. The zero-order valence-corrected chi connectivity index (χ0v) is 9.25. The van der Waals surface area contributed by atoms with Crippen LogP contribution in [0.15, 0.2) is 0 Å². The van der Waals surface area contributed by atoms with Crippen LogP contribution in [0, 0.1) is 5.92 Å². The first-order valence-corrected chi connectivity index (χ1v) is 5.53. The molecule has 0 spiro atoms. The van der Waals surface area contributed by atoms with Gasteiger partial charge in [-0.1, -0.05) is 6.92 Å². The maximum absolute atomic E-state index is 5.37. The Balaban J connectivity index is 2.22. The van der Waals surface area contributed by atoms with Crippen LogP contribution in [0.5, 0.6) is 0 Å². The quantitative estimate of drug-likeness (QED) is 0.665. The Labute approximate surface area is 82.3 Å². The number of hydrogen-bond acceptors (Lipinski definition) is 2. The third kappa shape index (κ3) is 3.28. The Hall–Kier alpha value is -0.0800. The van der Waals surface area contributed by atoms with E-state index in [4.69, 9.17) is 4.74 Å². The first-order valence-electron chi connectivity index (χ1n) is 5.53. The standard InChI is InChI=1S/C11H23NO/c1-4-7-12-8-5-11(6-9-12)10(2)13-3/h10-11H,4-9H2,1-3H3. The highest BCUT2D eigenvalue weighted by Gasteiger charge is 2.22. The number of likely N-dealkylation sites (tertiary alicyclic amines) is 1. The van der Waals surface area contributed by atoms with Gasteiger partial charge in [-0.15, -0.1) is 0 Å². The summed E-state index contributed by atoms with van der Waals surface area (Å²) in [6.07, 6.45) is 4.36. The molecule has 0 aromatic heterocycles. The fourth-order valence-electron chi connectivity index (χ4n) is 2.15. The van der Waals surface area contributed by atoms with Crippen LogP contribution >= 0.6 is 0 Å². The lowest BCUT2D eigenvalue weighted by Gasteiger charge is -2.34. The number of hydrogen-bond donors (Lipinski definition) is 0. The van der Waals surface area contributed by atoms with Crippen LogP contribution in [0.25, 0.3) is 0 Å². The monoisotopic (exact) mass is 185 g/mol. The second-order valence-electron chi connectivity index (χ2n) is 4.12. The summed E-state index contributed by atoms with van der Waals surface area (Å²) < 4.78 is 5.37. The molecule has 1 atom stereocenters. The zero-order chi connectivity index (χ0) is 9.68. The van der Waals surface area contributed by atoms with Crippen molar-refractivity contribution in [1.82, 2.24) is 4.90 Å². The van der Waals surface area contributed by atoms with Crippen molar-refractivity contribution in [1.29, 1.82) is 0 Å². The Kier molecular flexibility index (Phi) is 4.74. The average Bonchev–Trinajstić information content (AvgIpc) is 2.18. The van der Waals surface area contributed by atoms with Crippen LogP contribution in [0.2, 0.25) is 0 Å². The van der Waals surface area contributed by atoms with Crippen molar-refractivity contribution >= 4 is 0 Å². The molecule has 1 aliphatic heterocycles. The molecule has 0 N–H and O–H groups in total. The molecule has 1 saturated heterocycles. The molecule has 2 heteroatoms. The van der Waals surface area contributed by atoms with Gasteiger partial charge in [0, 0.05) is 7.11 Å². The minimum Gasteiger partial charge on any atom is -0.381 e. The lowest BCUT2D eigenvalue weighted by molar-refractivity contribution is 0.0339. The van der Waals surface area contributed by atoms with E-state index in [0.717, 1.165) is 5.92 Å². The molecule has 0 bridgehead atoms. The van der Waals surface area contributed by atoms with E-state index in [2.05, 4.69) is 18.7 Å². The Bertz CT molecular complexity index is 130. The van der Waals surface area contributed by atoms with Crippen molar-refractivity contribution in [2.75, 3.05) is 26.7 Å². The molecule has 1 aliphatic rings. The van der Waals surface area contributed by atoms with Crippen molar-refractivity contribution in [3.05, 3.63) is 0 Å².